The van der Waals surface area contributed by atoms with Gasteiger partial charge in [0, 0.05) is 5.02 Å². The monoisotopic (exact) mass is 568 g/mol. The fourth-order valence-corrected chi connectivity index (χ4v) is 4.50. The average Bonchev–Trinajstić information content (AvgIpc) is 2.83. The van der Waals surface area contributed by atoms with Gasteiger partial charge in [0.05, 0.1) is 17.3 Å². The number of carbonyl (C=O) groups excluding carboxylic acids is 3. The van der Waals surface area contributed by atoms with Crippen LogP contribution in [-0.2, 0) is 16.2 Å². The summed E-state index contributed by atoms with van der Waals surface area (Å²) in [5.41, 5.74) is 3.37. The van der Waals surface area contributed by atoms with Crippen molar-refractivity contribution in [3.8, 4) is 11.5 Å². The number of halogens is 2. The van der Waals surface area contributed by atoms with Crippen molar-refractivity contribution in [1.82, 2.24) is 5.32 Å². The fraction of sp³-hybridized carbons (Fsp3) is 0.148. The van der Waals surface area contributed by atoms with Crippen LogP contribution in [0.15, 0.2) is 64.6 Å². The number of amides is 4. The van der Waals surface area contributed by atoms with E-state index in [0.29, 0.717) is 32.2 Å². The third-order valence-electron chi connectivity index (χ3n) is 5.55. The van der Waals surface area contributed by atoms with E-state index >= 15 is 0 Å². The summed E-state index contributed by atoms with van der Waals surface area (Å²) in [4.78, 5) is 39.4. The standard InChI is InChI=1S/C27H22BrClN2O5/c1-15-4-9-22(16(2)10-15)31-26(33)20(25(32)30-27(31)34)11-18-12-21(28)24(23(13-18)35-3)36-14-17-5-7-19(29)8-6-17/h4-13H,14H2,1-3H3,(H,30,32,34)/b20-11+. The van der Waals surface area contributed by atoms with E-state index < -0.39 is 17.8 Å². The van der Waals surface area contributed by atoms with Gasteiger partial charge in [-0.1, -0.05) is 41.4 Å². The summed E-state index contributed by atoms with van der Waals surface area (Å²) >= 11 is 9.43. The third-order valence-corrected chi connectivity index (χ3v) is 6.40. The summed E-state index contributed by atoms with van der Waals surface area (Å²) in [7, 11) is 1.49. The zero-order valence-corrected chi connectivity index (χ0v) is 22.1. The fourth-order valence-electron chi connectivity index (χ4n) is 3.80. The molecule has 0 saturated carbocycles. The minimum absolute atomic E-state index is 0.182. The number of imide groups is 2. The summed E-state index contributed by atoms with van der Waals surface area (Å²) < 4.78 is 12.0. The second-order valence-electron chi connectivity index (χ2n) is 8.20. The molecular weight excluding hydrogens is 548 g/mol. The molecular formula is C27H22BrClN2O5. The second-order valence-corrected chi connectivity index (χ2v) is 9.49. The van der Waals surface area contributed by atoms with Crippen LogP contribution in [0.3, 0.4) is 0 Å². The quantitative estimate of drug-likeness (QED) is 0.292. The lowest BCUT2D eigenvalue weighted by molar-refractivity contribution is -0.122. The first kappa shape index (κ1) is 25.5. The predicted octanol–water partition coefficient (Wildman–Crippen LogP) is 5.97. The summed E-state index contributed by atoms with van der Waals surface area (Å²) in [6.07, 6.45) is 1.41. The molecule has 1 heterocycles. The topological polar surface area (TPSA) is 84.9 Å². The van der Waals surface area contributed by atoms with Crippen LogP contribution < -0.4 is 19.7 Å². The van der Waals surface area contributed by atoms with E-state index in [0.717, 1.165) is 21.6 Å². The maximum Gasteiger partial charge on any atom is 0.335 e. The lowest BCUT2D eigenvalue weighted by Gasteiger charge is -2.27. The zero-order chi connectivity index (χ0) is 26.0. The van der Waals surface area contributed by atoms with E-state index in [1.54, 1.807) is 43.3 Å². The minimum atomic E-state index is -0.793. The summed E-state index contributed by atoms with van der Waals surface area (Å²) in [6.45, 7) is 3.99. The molecule has 7 nitrogen and oxygen atoms in total. The molecule has 36 heavy (non-hydrogen) atoms. The van der Waals surface area contributed by atoms with Crippen molar-refractivity contribution in [2.45, 2.75) is 20.5 Å². The van der Waals surface area contributed by atoms with Gasteiger partial charge in [0.2, 0.25) is 0 Å². The smallest absolute Gasteiger partial charge is 0.335 e. The van der Waals surface area contributed by atoms with E-state index in [4.69, 9.17) is 21.1 Å². The Bertz CT molecular complexity index is 1400. The van der Waals surface area contributed by atoms with Gasteiger partial charge in [-0.3, -0.25) is 14.9 Å². The Balaban J connectivity index is 1.65. The number of methoxy groups -OCH3 is 1. The normalized spacial score (nSPS) is 14.8. The molecule has 0 spiro atoms. The molecule has 0 atom stereocenters. The predicted molar refractivity (Wildman–Crippen MR) is 141 cm³/mol. The average molecular weight is 570 g/mol. The third kappa shape index (κ3) is 5.29. The maximum absolute atomic E-state index is 13.3. The molecule has 1 aliphatic heterocycles. The van der Waals surface area contributed by atoms with Crippen molar-refractivity contribution in [2.75, 3.05) is 12.0 Å². The van der Waals surface area contributed by atoms with Crippen molar-refractivity contribution < 1.29 is 23.9 Å². The van der Waals surface area contributed by atoms with Crippen LogP contribution in [0, 0.1) is 13.8 Å². The Morgan fingerprint density at radius 2 is 1.75 bits per heavy atom. The van der Waals surface area contributed by atoms with Crippen LogP contribution in [0.25, 0.3) is 6.08 Å². The molecule has 0 aromatic heterocycles. The molecule has 0 unspecified atom stereocenters. The second kappa shape index (κ2) is 10.6. The van der Waals surface area contributed by atoms with Gasteiger partial charge in [0.1, 0.15) is 12.2 Å². The first-order chi connectivity index (χ1) is 17.2. The number of rotatable bonds is 6. The minimum Gasteiger partial charge on any atom is -0.493 e. The molecule has 3 aromatic rings. The summed E-state index contributed by atoms with van der Waals surface area (Å²) in [5.74, 6) is -0.629. The number of anilines is 1. The van der Waals surface area contributed by atoms with E-state index in [1.807, 2.05) is 25.1 Å². The van der Waals surface area contributed by atoms with Crippen molar-refractivity contribution >= 4 is 57.1 Å². The van der Waals surface area contributed by atoms with Gasteiger partial charge in [0.15, 0.2) is 11.5 Å². The molecule has 1 saturated heterocycles. The summed E-state index contributed by atoms with van der Waals surface area (Å²) in [5, 5.41) is 2.88. The Morgan fingerprint density at radius 3 is 2.42 bits per heavy atom. The van der Waals surface area contributed by atoms with Crippen molar-refractivity contribution in [1.29, 1.82) is 0 Å². The van der Waals surface area contributed by atoms with Gasteiger partial charge in [-0.15, -0.1) is 0 Å². The first-order valence-electron chi connectivity index (χ1n) is 10.9. The highest BCUT2D eigenvalue weighted by Gasteiger charge is 2.37. The lowest BCUT2D eigenvalue weighted by atomic mass is 10.0. The highest BCUT2D eigenvalue weighted by atomic mass is 79.9. The van der Waals surface area contributed by atoms with Crippen molar-refractivity contribution in [3.05, 3.63) is 91.9 Å². The first-order valence-corrected chi connectivity index (χ1v) is 12.1. The van der Waals surface area contributed by atoms with Crippen LogP contribution >= 0.6 is 27.5 Å². The van der Waals surface area contributed by atoms with E-state index in [2.05, 4.69) is 21.2 Å². The SMILES string of the molecule is COc1cc(/C=C2\C(=O)NC(=O)N(c3ccc(C)cc3C)C2=O)cc(Br)c1OCc1ccc(Cl)cc1. The molecule has 0 aliphatic carbocycles. The van der Waals surface area contributed by atoms with Gasteiger partial charge < -0.3 is 9.47 Å². The highest BCUT2D eigenvalue weighted by Crippen LogP contribution is 2.38. The van der Waals surface area contributed by atoms with Crippen molar-refractivity contribution in [2.24, 2.45) is 0 Å². The highest BCUT2D eigenvalue weighted by molar-refractivity contribution is 9.10. The zero-order valence-electron chi connectivity index (χ0n) is 19.7. The lowest BCUT2D eigenvalue weighted by Crippen LogP contribution is -2.54. The Kier molecular flexibility index (Phi) is 7.47. The molecule has 1 aliphatic rings. The van der Waals surface area contributed by atoms with Gasteiger partial charge in [-0.2, -0.15) is 0 Å². The van der Waals surface area contributed by atoms with Crippen LogP contribution in [-0.4, -0.2) is 25.0 Å². The van der Waals surface area contributed by atoms with Gasteiger partial charge in [-0.25, -0.2) is 9.69 Å². The number of nitrogens with zero attached hydrogens (tertiary/aromatic N) is 1. The number of urea groups is 1. The van der Waals surface area contributed by atoms with Crippen LogP contribution in [0.4, 0.5) is 10.5 Å². The summed E-state index contributed by atoms with van der Waals surface area (Å²) in [6, 6.07) is 15.2. The largest absolute Gasteiger partial charge is 0.493 e. The number of hydrogen-bond acceptors (Lipinski definition) is 5. The number of nitrogens with one attached hydrogen (secondary N) is 1. The van der Waals surface area contributed by atoms with Gasteiger partial charge in [0.25, 0.3) is 11.8 Å². The number of barbiturate groups is 1. The Hall–Kier alpha value is -3.62. The molecule has 4 amide bonds. The molecule has 3 aromatic carbocycles. The van der Waals surface area contributed by atoms with E-state index in [1.165, 1.54) is 13.2 Å². The number of carbonyl (C=O) groups is 3. The van der Waals surface area contributed by atoms with Crippen LogP contribution in [0.2, 0.25) is 5.02 Å². The number of benzene rings is 3. The Labute approximate surface area is 221 Å². The number of hydrogen-bond donors (Lipinski definition) is 1. The molecule has 1 fully saturated rings. The van der Waals surface area contributed by atoms with E-state index in [9.17, 15) is 14.4 Å². The number of aryl methyl sites for hydroxylation is 2. The molecule has 9 heteroatoms. The van der Waals surface area contributed by atoms with Crippen molar-refractivity contribution in [3.63, 3.8) is 0 Å². The van der Waals surface area contributed by atoms with Crippen LogP contribution in [0.1, 0.15) is 22.3 Å². The molecule has 0 radical (unpaired) electrons. The van der Waals surface area contributed by atoms with Gasteiger partial charge in [-0.05, 0) is 82.9 Å². The van der Waals surface area contributed by atoms with Crippen LogP contribution in [0.5, 0.6) is 11.5 Å². The molecule has 184 valence electrons. The molecule has 1 N–H and O–H groups in total. The van der Waals surface area contributed by atoms with E-state index in [-0.39, 0.29) is 12.2 Å². The molecule has 0 bridgehead atoms. The Morgan fingerprint density at radius 1 is 1.03 bits per heavy atom. The molecule has 4 rings (SSSR count). The van der Waals surface area contributed by atoms with Gasteiger partial charge >= 0.3 is 6.03 Å². The number of ether oxygens (including phenoxy) is 2. The maximum atomic E-state index is 13.3.